The number of benzene rings is 2. The molecular formula is C18H20BrNO. The SMILES string of the molecule is Cc1ccc(C(N)CC2CCOc3ccccc32)c(Br)c1. The Balaban J connectivity index is 1.81. The number of ether oxygens (including phenoxy) is 1. The van der Waals surface area contributed by atoms with Crippen molar-refractivity contribution in [2.75, 3.05) is 6.61 Å². The topological polar surface area (TPSA) is 35.2 Å². The molecule has 1 aliphatic rings. The van der Waals surface area contributed by atoms with Crippen molar-refractivity contribution >= 4 is 15.9 Å². The fraction of sp³-hybridized carbons (Fsp3) is 0.333. The van der Waals surface area contributed by atoms with E-state index in [4.69, 9.17) is 10.5 Å². The zero-order valence-corrected chi connectivity index (χ0v) is 13.8. The number of para-hydroxylation sites is 1. The van der Waals surface area contributed by atoms with Crippen LogP contribution in [-0.4, -0.2) is 6.61 Å². The van der Waals surface area contributed by atoms with E-state index in [1.807, 2.05) is 6.07 Å². The summed E-state index contributed by atoms with van der Waals surface area (Å²) in [6.45, 7) is 2.87. The average Bonchev–Trinajstić information content (AvgIpc) is 2.47. The first kappa shape index (κ1) is 14.6. The third kappa shape index (κ3) is 3.14. The van der Waals surface area contributed by atoms with E-state index < -0.39 is 0 Å². The van der Waals surface area contributed by atoms with Gasteiger partial charge in [-0.15, -0.1) is 0 Å². The third-order valence-corrected chi connectivity index (χ3v) is 4.86. The number of rotatable bonds is 3. The predicted molar refractivity (Wildman–Crippen MR) is 89.7 cm³/mol. The van der Waals surface area contributed by atoms with E-state index in [0.717, 1.165) is 29.7 Å². The number of nitrogens with two attached hydrogens (primary N) is 1. The Hall–Kier alpha value is -1.32. The first-order chi connectivity index (χ1) is 10.1. The monoisotopic (exact) mass is 345 g/mol. The second-order valence-corrected chi connectivity index (χ2v) is 6.59. The van der Waals surface area contributed by atoms with Gasteiger partial charge in [0, 0.05) is 10.5 Å². The first-order valence-electron chi connectivity index (χ1n) is 7.38. The lowest BCUT2D eigenvalue weighted by Gasteiger charge is -2.28. The van der Waals surface area contributed by atoms with Gasteiger partial charge in [-0.1, -0.05) is 46.3 Å². The molecule has 2 aromatic rings. The molecule has 0 bridgehead atoms. The van der Waals surface area contributed by atoms with Gasteiger partial charge in [0.2, 0.25) is 0 Å². The lowest BCUT2D eigenvalue weighted by atomic mass is 9.86. The molecule has 1 heterocycles. The first-order valence-corrected chi connectivity index (χ1v) is 8.18. The van der Waals surface area contributed by atoms with Gasteiger partial charge in [-0.25, -0.2) is 0 Å². The minimum Gasteiger partial charge on any atom is -0.493 e. The van der Waals surface area contributed by atoms with Crippen molar-refractivity contribution in [3.05, 3.63) is 63.6 Å². The summed E-state index contributed by atoms with van der Waals surface area (Å²) in [5.41, 5.74) is 10.2. The smallest absolute Gasteiger partial charge is 0.122 e. The molecule has 0 saturated heterocycles. The second-order valence-electron chi connectivity index (χ2n) is 5.74. The summed E-state index contributed by atoms with van der Waals surface area (Å²) in [6.07, 6.45) is 1.98. The van der Waals surface area contributed by atoms with Crippen molar-refractivity contribution in [2.45, 2.75) is 31.7 Å². The van der Waals surface area contributed by atoms with Crippen molar-refractivity contribution in [2.24, 2.45) is 5.73 Å². The molecule has 2 N–H and O–H groups in total. The molecule has 0 aliphatic carbocycles. The Labute approximate surface area is 134 Å². The molecule has 3 rings (SSSR count). The van der Waals surface area contributed by atoms with Crippen LogP contribution in [0.25, 0.3) is 0 Å². The highest BCUT2D eigenvalue weighted by Crippen LogP contribution is 2.39. The third-order valence-electron chi connectivity index (χ3n) is 4.18. The van der Waals surface area contributed by atoms with Gasteiger partial charge < -0.3 is 10.5 Å². The van der Waals surface area contributed by atoms with E-state index in [1.54, 1.807) is 0 Å². The van der Waals surface area contributed by atoms with E-state index in [1.165, 1.54) is 16.7 Å². The van der Waals surface area contributed by atoms with Crippen LogP contribution in [0, 0.1) is 6.92 Å². The number of fused-ring (bicyclic) bond motifs is 1. The number of aryl methyl sites for hydroxylation is 1. The standard InChI is InChI=1S/C18H20BrNO/c1-12-6-7-15(16(19)10-12)17(20)11-13-8-9-21-18-5-3-2-4-14(13)18/h2-7,10,13,17H,8-9,11,20H2,1H3. The number of halogens is 1. The fourth-order valence-electron chi connectivity index (χ4n) is 3.03. The number of hydrogen-bond donors (Lipinski definition) is 1. The van der Waals surface area contributed by atoms with Crippen molar-refractivity contribution in [1.29, 1.82) is 0 Å². The molecular weight excluding hydrogens is 326 g/mol. The lowest BCUT2D eigenvalue weighted by Crippen LogP contribution is -2.20. The van der Waals surface area contributed by atoms with Crippen LogP contribution in [0.15, 0.2) is 46.9 Å². The van der Waals surface area contributed by atoms with Gasteiger partial charge in [0.25, 0.3) is 0 Å². The van der Waals surface area contributed by atoms with Crippen molar-refractivity contribution in [3.63, 3.8) is 0 Å². The van der Waals surface area contributed by atoms with Gasteiger partial charge in [0.15, 0.2) is 0 Å². The molecule has 0 radical (unpaired) electrons. The van der Waals surface area contributed by atoms with Crippen LogP contribution in [0.4, 0.5) is 0 Å². The summed E-state index contributed by atoms with van der Waals surface area (Å²) in [5, 5.41) is 0. The summed E-state index contributed by atoms with van der Waals surface area (Å²) < 4.78 is 6.84. The molecule has 2 aromatic carbocycles. The number of hydrogen-bond acceptors (Lipinski definition) is 2. The Kier molecular flexibility index (Phi) is 4.32. The molecule has 3 heteroatoms. The van der Waals surface area contributed by atoms with E-state index in [0.29, 0.717) is 5.92 Å². The summed E-state index contributed by atoms with van der Waals surface area (Å²) in [6, 6.07) is 14.7. The van der Waals surface area contributed by atoms with Crippen molar-refractivity contribution < 1.29 is 4.74 Å². The highest BCUT2D eigenvalue weighted by atomic mass is 79.9. The van der Waals surface area contributed by atoms with Crippen LogP contribution in [0.3, 0.4) is 0 Å². The summed E-state index contributed by atoms with van der Waals surface area (Å²) >= 11 is 3.64. The fourth-order valence-corrected chi connectivity index (χ4v) is 3.81. The van der Waals surface area contributed by atoms with E-state index in [-0.39, 0.29) is 6.04 Å². The average molecular weight is 346 g/mol. The maximum Gasteiger partial charge on any atom is 0.122 e. The van der Waals surface area contributed by atoms with E-state index in [9.17, 15) is 0 Å². The van der Waals surface area contributed by atoms with Crippen LogP contribution in [-0.2, 0) is 0 Å². The highest BCUT2D eigenvalue weighted by Gasteiger charge is 2.24. The Morgan fingerprint density at radius 2 is 2.10 bits per heavy atom. The molecule has 110 valence electrons. The maximum absolute atomic E-state index is 6.46. The lowest BCUT2D eigenvalue weighted by molar-refractivity contribution is 0.259. The quantitative estimate of drug-likeness (QED) is 0.873. The minimum atomic E-state index is 0.0381. The normalized spacial score (nSPS) is 18.7. The molecule has 0 saturated carbocycles. The van der Waals surface area contributed by atoms with Gasteiger partial charge in [-0.3, -0.25) is 0 Å². The molecule has 2 nitrogen and oxygen atoms in total. The Morgan fingerprint density at radius 1 is 1.29 bits per heavy atom. The summed E-state index contributed by atoms with van der Waals surface area (Å²) in [4.78, 5) is 0. The molecule has 2 atom stereocenters. The van der Waals surface area contributed by atoms with Gasteiger partial charge in [-0.2, -0.15) is 0 Å². The van der Waals surface area contributed by atoms with E-state index in [2.05, 4.69) is 59.3 Å². The Morgan fingerprint density at radius 3 is 2.90 bits per heavy atom. The zero-order chi connectivity index (χ0) is 14.8. The molecule has 0 aromatic heterocycles. The minimum absolute atomic E-state index is 0.0381. The summed E-state index contributed by atoms with van der Waals surface area (Å²) in [5.74, 6) is 1.49. The molecule has 0 spiro atoms. The largest absolute Gasteiger partial charge is 0.493 e. The molecule has 21 heavy (non-hydrogen) atoms. The molecule has 1 aliphatic heterocycles. The molecule has 0 fully saturated rings. The predicted octanol–water partition coefficient (Wildman–Crippen LogP) is 4.71. The van der Waals surface area contributed by atoms with Crippen LogP contribution < -0.4 is 10.5 Å². The maximum atomic E-state index is 6.46. The zero-order valence-electron chi connectivity index (χ0n) is 12.2. The molecule has 2 unspecified atom stereocenters. The highest BCUT2D eigenvalue weighted by molar-refractivity contribution is 9.10. The van der Waals surface area contributed by atoms with Crippen LogP contribution in [0.5, 0.6) is 5.75 Å². The van der Waals surface area contributed by atoms with Crippen molar-refractivity contribution in [1.82, 2.24) is 0 Å². The Bertz CT molecular complexity index is 641. The van der Waals surface area contributed by atoms with Gasteiger partial charge in [0.1, 0.15) is 5.75 Å². The van der Waals surface area contributed by atoms with Gasteiger partial charge >= 0.3 is 0 Å². The molecule has 0 amide bonds. The second kappa shape index (κ2) is 6.20. The van der Waals surface area contributed by atoms with E-state index >= 15 is 0 Å². The van der Waals surface area contributed by atoms with Gasteiger partial charge in [0.05, 0.1) is 6.61 Å². The van der Waals surface area contributed by atoms with Crippen molar-refractivity contribution in [3.8, 4) is 5.75 Å². The summed E-state index contributed by atoms with van der Waals surface area (Å²) in [7, 11) is 0. The van der Waals surface area contributed by atoms with Crippen LogP contribution in [0.1, 0.15) is 41.5 Å². The van der Waals surface area contributed by atoms with Gasteiger partial charge in [-0.05, 0) is 54.5 Å². The van der Waals surface area contributed by atoms with Crippen LogP contribution in [0.2, 0.25) is 0 Å². The van der Waals surface area contributed by atoms with Crippen LogP contribution >= 0.6 is 15.9 Å².